The highest BCUT2D eigenvalue weighted by atomic mass is 35.5. The summed E-state index contributed by atoms with van der Waals surface area (Å²) in [6.07, 6.45) is 0. The summed E-state index contributed by atoms with van der Waals surface area (Å²) < 4.78 is 5.59. The molecule has 25 heavy (non-hydrogen) atoms. The van der Waals surface area contributed by atoms with Crippen molar-refractivity contribution in [2.75, 3.05) is 0 Å². The van der Waals surface area contributed by atoms with Gasteiger partial charge in [-0.1, -0.05) is 60.1 Å². The van der Waals surface area contributed by atoms with Gasteiger partial charge in [-0.05, 0) is 51.9 Å². The lowest BCUT2D eigenvalue weighted by Gasteiger charge is -2.12. The molecule has 0 N–H and O–H groups in total. The van der Waals surface area contributed by atoms with E-state index in [0.29, 0.717) is 10.6 Å². The number of hydrogen-bond acceptors (Lipinski definition) is 2. The predicted molar refractivity (Wildman–Crippen MR) is 102 cm³/mol. The smallest absolute Gasteiger partial charge is 0.338 e. The third-order valence-electron chi connectivity index (χ3n) is 4.31. The quantitative estimate of drug-likeness (QED) is 0.336. The SMILES string of the molecule is O=C(OCc1c2ccccc2cc2ccccc12)c1ccc(Cl)cc1. The standard InChI is InChI=1S/C22H15ClO2/c23-18-11-9-15(10-12-18)22(24)25-14-21-19-7-3-1-5-16(19)13-17-6-2-4-8-20(17)21/h1-13H,14H2. The van der Waals surface area contributed by atoms with Crippen LogP contribution in [-0.2, 0) is 11.3 Å². The van der Waals surface area contributed by atoms with Gasteiger partial charge in [0.1, 0.15) is 6.61 Å². The molecule has 0 bridgehead atoms. The number of ether oxygens (including phenoxy) is 1. The van der Waals surface area contributed by atoms with Crippen molar-refractivity contribution in [2.45, 2.75) is 6.61 Å². The highest BCUT2D eigenvalue weighted by molar-refractivity contribution is 6.30. The van der Waals surface area contributed by atoms with Crippen LogP contribution in [0.2, 0.25) is 5.02 Å². The summed E-state index contributed by atoms with van der Waals surface area (Å²) in [5.74, 6) is -0.353. The number of carbonyl (C=O) groups is 1. The highest BCUT2D eigenvalue weighted by Crippen LogP contribution is 2.29. The van der Waals surface area contributed by atoms with E-state index in [1.807, 2.05) is 24.3 Å². The number of esters is 1. The zero-order valence-electron chi connectivity index (χ0n) is 13.4. The summed E-state index contributed by atoms with van der Waals surface area (Å²) in [6, 6.07) is 25.2. The number of benzene rings is 4. The van der Waals surface area contributed by atoms with Crippen LogP contribution in [0.15, 0.2) is 78.9 Å². The Bertz CT molecular complexity index is 1010. The third kappa shape index (κ3) is 3.09. The number of halogens is 1. The van der Waals surface area contributed by atoms with Gasteiger partial charge in [0.25, 0.3) is 0 Å². The molecule has 0 spiro atoms. The largest absolute Gasteiger partial charge is 0.457 e. The third-order valence-corrected chi connectivity index (χ3v) is 4.56. The molecule has 3 heteroatoms. The molecule has 4 aromatic carbocycles. The molecule has 2 nitrogen and oxygen atoms in total. The Hall–Kier alpha value is -2.84. The maximum absolute atomic E-state index is 12.3. The van der Waals surface area contributed by atoms with Crippen molar-refractivity contribution in [3.05, 3.63) is 95.0 Å². The Morgan fingerprint density at radius 1 is 0.800 bits per heavy atom. The van der Waals surface area contributed by atoms with Crippen LogP contribution in [0.1, 0.15) is 15.9 Å². The zero-order valence-corrected chi connectivity index (χ0v) is 14.2. The first-order valence-corrected chi connectivity index (χ1v) is 8.42. The Balaban J connectivity index is 1.72. The van der Waals surface area contributed by atoms with Gasteiger partial charge in [-0.2, -0.15) is 0 Å². The molecule has 0 fully saturated rings. The Morgan fingerprint density at radius 2 is 1.36 bits per heavy atom. The van der Waals surface area contributed by atoms with Crippen LogP contribution < -0.4 is 0 Å². The lowest BCUT2D eigenvalue weighted by atomic mass is 9.97. The molecule has 0 amide bonds. The van der Waals surface area contributed by atoms with Crippen LogP contribution >= 0.6 is 11.6 Å². The summed E-state index contributed by atoms with van der Waals surface area (Å²) in [6.45, 7) is 0.226. The highest BCUT2D eigenvalue weighted by Gasteiger charge is 2.11. The molecule has 0 aliphatic rings. The second-order valence-electron chi connectivity index (χ2n) is 5.88. The molecule has 0 heterocycles. The first-order valence-electron chi connectivity index (χ1n) is 8.04. The Morgan fingerprint density at radius 3 is 1.96 bits per heavy atom. The van der Waals surface area contributed by atoms with Gasteiger partial charge in [0.15, 0.2) is 0 Å². The van der Waals surface area contributed by atoms with Crippen molar-refractivity contribution in [2.24, 2.45) is 0 Å². The molecule has 4 rings (SSSR count). The first kappa shape index (κ1) is 15.7. The molecular weight excluding hydrogens is 332 g/mol. The minimum atomic E-state index is -0.353. The molecule has 0 radical (unpaired) electrons. The molecule has 122 valence electrons. The van der Waals surface area contributed by atoms with E-state index >= 15 is 0 Å². The Kier molecular flexibility index (Phi) is 4.12. The van der Waals surface area contributed by atoms with E-state index < -0.39 is 0 Å². The molecule has 0 aliphatic heterocycles. The van der Waals surface area contributed by atoms with Gasteiger partial charge in [0.2, 0.25) is 0 Å². The fraction of sp³-hybridized carbons (Fsp3) is 0.0455. The van der Waals surface area contributed by atoms with Crippen molar-refractivity contribution in [1.29, 1.82) is 0 Å². The van der Waals surface area contributed by atoms with Crippen LogP contribution in [0.5, 0.6) is 0 Å². The van der Waals surface area contributed by atoms with Crippen molar-refractivity contribution < 1.29 is 9.53 Å². The second-order valence-corrected chi connectivity index (χ2v) is 6.32. The van der Waals surface area contributed by atoms with Gasteiger partial charge >= 0.3 is 5.97 Å². The normalized spacial score (nSPS) is 10.9. The minimum absolute atomic E-state index is 0.226. The van der Waals surface area contributed by atoms with Crippen LogP contribution in [0, 0.1) is 0 Å². The first-order chi connectivity index (χ1) is 12.2. The monoisotopic (exact) mass is 346 g/mol. The van der Waals surface area contributed by atoms with E-state index in [1.165, 1.54) is 0 Å². The predicted octanol–water partition coefficient (Wildman–Crippen LogP) is 6.00. The van der Waals surface area contributed by atoms with Gasteiger partial charge in [0, 0.05) is 10.6 Å². The lowest BCUT2D eigenvalue weighted by Crippen LogP contribution is -2.05. The van der Waals surface area contributed by atoms with E-state index in [1.54, 1.807) is 24.3 Å². The maximum Gasteiger partial charge on any atom is 0.338 e. The van der Waals surface area contributed by atoms with Crippen molar-refractivity contribution in [3.63, 3.8) is 0 Å². The van der Waals surface area contributed by atoms with Crippen LogP contribution in [0.25, 0.3) is 21.5 Å². The summed E-state index contributed by atoms with van der Waals surface area (Å²) in [5.41, 5.74) is 1.52. The molecule has 0 unspecified atom stereocenters. The second kappa shape index (κ2) is 6.58. The lowest BCUT2D eigenvalue weighted by molar-refractivity contribution is 0.0476. The number of carbonyl (C=O) groups excluding carboxylic acids is 1. The molecule has 4 aromatic rings. The average molecular weight is 347 g/mol. The molecule has 0 aliphatic carbocycles. The van der Waals surface area contributed by atoms with Gasteiger partial charge in [0.05, 0.1) is 5.56 Å². The fourth-order valence-corrected chi connectivity index (χ4v) is 3.20. The summed E-state index contributed by atoms with van der Waals surface area (Å²) in [5, 5.41) is 5.07. The van der Waals surface area contributed by atoms with Crippen molar-refractivity contribution in [1.82, 2.24) is 0 Å². The van der Waals surface area contributed by atoms with Gasteiger partial charge in [-0.15, -0.1) is 0 Å². The average Bonchev–Trinajstić information content (AvgIpc) is 2.65. The van der Waals surface area contributed by atoms with Crippen LogP contribution in [-0.4, -0.2) is 5.97 Å². The molecular formula is C22H15ClO2. The van der Waals surface area contributed by atoms with Crippen LogP contribution in [0.3, 0.4) is 0 Å². The summed E-state index contributed by atoms with van der Waals surface area (Å²) in [4.78, 5) is 12.3. The molecule has 0 saturated heterocycles. The van der Waals surface area contributed by atoms with E-state index in [0.717, 1.165) is 27.1 Å². The summed E-state index contributed by atoms with van der Waals surface area (Å²) >= 11 is 5.87. The van der Waals surface area contributed by atoms with Gasteiger partial charge in [-0.3, -0.25) is 0 Å². The topological polar surface area (TPSA) is 26.3 Å². The van der Waals surface area contributed by atoms with E-state index in [9.17, 15) is 4.79 Å². The van der Waals surface area contributed by atoms with E-state index in [2.05, 4.69) is 30.3 Å². The molecule has 0 saturated carbocycles. The van der Waals surface area contributed by atoms with Crippen molar-refractivity contribution in [3.8, 4) is 0 Å². The fourth-order valence-electron chi connectivity index (χ4n) is 3.07. The number of rotatable bonds is 3. The van der Waals surface area contributed by atoms with E-state index in [-0.39, 0.29) is 12.6 Å². The van der Waals surface area contributed by atoms with Gasteiger partial charge < -0.3 is 4.74 Å². The van der Waals surface area contributed by atoms with E-state index in [4.69, 9.17) is 16.3 Å². The van der Waals surface area contributed by atoms with Gasteiger partial charge in [-0.25, -0.2) is 4.79 Å². The van der Waals surface area contributed by atoms with Crippen molar-refractivity contribution >= 4 is 39.1 Å². The number of hydrogen-bond donors (Lipinski definition) is 0. The van der Waals surface area contributed by atoms with Crippen LogP contribution in [0.4, 0.5) is 0 Å². The maximum atomic E-state index is 12.3. The Labute approximate surface area is 150 Å². The zero-order chi connectivity index (χ0) is 17.2. The molecule has 0 aromatic heterocycles. The minimum Gasteiger partial charge on any atom is -0.457 e. The molecule has 0 atom stereocenters. The number of fused-ring (bicyclic) bond motifs is 2. The summed E-state index contributed by atoms with van der Waals surface area (Å²) in [7, 11) is 0.